The van der Waals surface area contributed by atoms with Crippen LogP contribution in [0.5, 0.6) is 5.75 Å². The molecular weight excluding hydrogens is 387 g/mol. The Hall–Kier alpha value is -3.19. The molecule has 0 unspecified atom stereocenters. The SMILES string of the molecule is COC(=O)c1cc(OCC(=O)Nc2ccc(F)c(Cl)c2)c2cc(C)ccc2n1. The third-order valence-corrected chi connectivity index (χ3v) is 4.17. The first-order valence-electron chi connectivity index (χ1n) is 8.25. The summed E-state index contributed by atoms with van der Waals surface area (Å²) in [6, 6.07) is 10.7. The molecule has 1 aromatic heterocycles. The fourth-order valence-electron chi connectivity index (χ4n) is 2.55. The lowest BCUT2D eigenvalue weighted by molar-refractivity contribution is -0.118. The fourth-order valence-corrected chi connectivity index (χ4v) is 2.73. The molecule has 3 rings (SSSR count). The van der Waals surface area contributed by atoms with Crippen molar-refractivity contribution in [3.05, 3.63) is 64.6 Å². The number of ether oxygens (including phenoxy) is 2. The second kappa shape index (κ2) is 8.22. The first kappa shape index (κ1) is 19.6. The van der Waals surface area contributed by atoms with E-state index < -0.39 is 17.7 Å². The van der Waals surface area contributed by atoms with E-state index in [0.717, 1.165) is 11.6 Å². The van der Waals surface area contributed by atoms with Crippen LogP contribution in [-0.4, -0.2) is 30.6 Å². The summed E-state index contributed by atoms with van der Waals surface area (Å²) in [5, 5.41) is 3.12. The summed E-state index contributed by atoms with van der Waals surface area (Å²) in [5.74, 6) is -1.34. The number of anilines is 1. The van der Waals surface area contributed by atoms with E-state index in [0.29, 0.717) is 22.3 Å². The molecule has 0 radical (unpaired) electrons. The predicted octanol–water partition coefficient (Wildman–Crippen LogP) is 4.14. The zero-order valence-electron chi connectivity index (χ0n) is 15.1. The van der Waals surface area contributed by atoms with E-state index in [1.807, 2.05) is 19.1 Å². The lowest BCUT2D eigenvalue weighted by atomic mass is 10.1. The van der Waals surface area contributed by atoms with Crippen LogP contribution in [0.3, 0.4) is 0 Å². The molecule has 0 saturated carbocycles. The topological polar surface area (TPSA) is 77.5 Å². The van der Waals surface area contributed by atoms with Crippen molar-refractivity contribution in [2.75, 3.05) is 19.0 Å². The minimum atomic E-state index is -0.613. The number of carbonyl (C=O) groups excluding carboxylic acids is 2. The summed E-state index contributed by atoms with van der Waals surface area (Å²) in [5.41, 5.74) is 1.91. The molecule has 1 N–H and O–H groups in total. The molecular formula is C20H16ClFN2O4. The van der Waals surface area contributed by atoms with Gasteiger partial charge in [-0.3, -0.25) is 4.79 Å². The highest BCUT2D eigenvalue weighted by atomic mass is 35.5. The Kier molecular flexibility index (Phi) is 5.75. The number of aryl methyl sites for hydroxylation is 1. The first-order chi connectivity index (χ1) is 13.4. The molecule has 0 aliphatic rings. The van der Waals surface area contributed by atoms with Gasteiger partial charge in [-0.15, -0.1) is 0 Å². The average Bonchev–Trinajstić information content (AvgIpc) is 2.68. The van der Waals surface area contributed by atoms with Gasteiger partial charge in [-0.05, 0) is 37.3 Å². The summed E-state index contributed by atoms with van der Waals surface area (Å²) >= 11 is 5.70. The van der Waals surface area contributed by atoms with Crippen molar-refractivity contribution >= 4 is 40.1 Å². The van der Waals surface area contributed by atoms with E-state index >= 15 is 0 Å². The Balaban J connectivity index is 1.82. The lowest BCUT2D eigenvalue weighted by Gasteiger charge is -2.12. The number of carbonyl (C=O) groups is 2. The first-order valence-corrected chi connectivity index (χ1v) is 8.62. The second-order valence-electron chi connectivity index (χ2n) is 5.98. The van der Waals surface area contributed by atoms with E-state index in [-0.39, 0.29) is 17.3 Å². The number of nitrogens with one attached hydrogen (secondary N) is 1. The van der Waals surface area contributed by atoms with Crippen LogP contribution in [0.15, 0.2) is 42.5 Å². The number of hydrogen-bond donors (Lipinski definition) is 1. The number of aromatic nitrogens is 1. The number of amides is 1. The normalized spacial score (nSPS) is 10.6. The third kappa shape index (κ3) is 4.37. The predicted molar refractivity (Wildman–Crippen MR) is 103 cm³/mol. The molecule has 28 heavy (non-hydrogen) atoms. The number of halogens is 2. The number of benzene rings is 2. The van der Waals surface area contributed by atoms with Crippen LogP contribution in [-0.2, 0) is 9.53 Å². The van der Waals surface area contributed by atoms with E-state index in [1.165, 1.54) is 25.3 Å². The van der Waals surface area contributed by atoms with Crippen molar-refractivity contribution in [3.8, 4) is 5.75 Å². The third-order valence-electron chi connectivity index (χ3n) is 3.88. The van der Waals surface area contributed by atoms with Crippen LogP contribution in [0.4, 0.5) is 10.1 Å². The minimum absolute atomic E-state index is 0.0691. The molecule has 0 spiro atoms. The van der Waals surface area contributed by atoms with Crippen LogP contribution >= 0.6 is 11.6 Å². The van der Waals surface area contributed by atoms with Gasteiger partial charge in [-0.2, -0.15) is 0 Å². The molecule has 0 saturated heterocycles. The van der Waals surface area contributed by atoms with Crippen LogP contribution in [0.1, 0.15) is 16.1 Å². The number of hydrogen-bond acceptors (Lipinski definition) is 5. The summed E-state index contributed by atoms with van der Waals surface area (Å²) in [6.07, 6.45) is 0. The zero-order valence-corrected chi connectivity index (χ0v) is 15.8. The Morgan fingerprint density at radius 1 is 1.18 bits per heavy atom. The monoisotopic (exact) mass is 402 g/mol. The Morgan fingerprint density at radius 3 is 2.68 bits per heavy atom. The number of methoxy groups -OCH3 is 1. The molecule has 6 nitrogen and oxygen atoms in total. The van der Waals surface area contributed by atoms with Gasteiger partial charge in [-0.1, -0.05) is 23.2 Å². The molecule has 1 heterocycles. The molecule has 3 aromatic rings. The maximum Gasteiger partial charge on any atom is 0.356 e. The van der Waals surface area contributed by atoms with Gasteiger partial charge in [0.2, 0.25) is 0 Å². The van der Waals surface area contributed by atoms with Gasteiger partial charge < -0.3 is 14.8 Å². The van der Waals surface area contributed by atoms with Crippen LogP contribution < -0.4 is 10.1 Å². The van der Waals surface area contributed by atoms with Crippen molar-refractivity contribution < 1.29 is 23.5 Å². The van der Waals surface area contributed by atoms with Crippen molar-refractivity contribution in [1.82, 2.24) is 4.98 Å². The van der Waals surface area contributed by atoms with Gasteiger partial charge in [0.15, 0.2) is 12.3 Å². The smallest absolute Gasteiger partial charge is 0.356 e. The average molecular weight is 403 g/mol. The number of rotatable bonds is 5. The maximum absolute atomic E-state index is 13.2. The molecule has 144 valence electrons. The number of pyridine rings is 1. The van der Waals surface area contributed by atoms with E-state index in [1.54, 1.807) is 6.07 Å². The van der Waals surface area contributed by atoms with Crippen LogP contribution in [0, 0.1) is 12.7 Å². The standard InChI is InChI=1S/C20H16ClFN2O4/c1-11-3-6-16-13(7-11)18(9-17(24-16)20(26)27-2)28-10-19(25)23-12-4-5-15(22)14(21)8-12/h3-9H,10H2,1-2H3,(H,23,25). The zero-order chi connectivity index (χ0) is 20.3. The Morgan fingerprint density at radius 2 is 1.96 bits per heavy atom. The fraction of sp³-hybridized carbons (Fsp3) is 0.150. The van der Waals surface area contributed by atoms with Crippen molar-refractivity contribution in [2.45, 2.75) is 6.92 Å². The molecule has 1 amide bonds. The molecule has 2 aromatic carbocycles. The summed E-state index contributed by atoms with van der Waals surface area (Å²) in [4.78, 5) is 28.3. The van der Waals surface area contributed by atoms with Gasteiger partial charge in [0, 0.05) is 17.1 Å². The molecule has 0 bridgehead atoms. The summed E-state index contributed by atoms with van der Waals surface area (Å²) < 4.78 is 23.5. The minimum Gasteiger partial charge on any atom is -0.483 e. The maximum atomic E-state index is 13.2. The van der Waals surface area contributed by atoms with Crippen LogP contribution in [0.25, 0.3) is 10.9 Å². The molecule has 0 atom stereocenters. The van der Waals surface area contributed by atoms with E-state index in [2.05, 4.69) is 10.3 Å². The Bertz CT molecular complexity index is 1070. The molecule has 0 aliphatic heterocycles. The van der Waals surface area contributed by atoms with Crippen LogP contribution in [0.2, 0.25) is 5.02 Å². The van der Waals surface area contributed by atoms with Gasteiger partial charge in [0.1, 0.15) is 11.6 Å². The van der Waals surface area contributed by atoms with E-state index in [9.17, 15) is 14.0 Å². The highest BCUT2D eigenvalue weighted by Gasteiger charge is 2.15. The summed E-state index contributed by atoms with van der Waals surface area (Å²) in [6.45, 7) is 1.57. The number of esters is 1. The Labute approximate surface area is 165 Å². The summed E-state index contributed by atoms with van der Waals surface area (Å²) in [7, 11) is 1.26. The van der Waals surface area contributed by atoms with Crippen molar-refractivity contribution in [2.24, 2.45) is 0 Å². The highest BCUT2D eigenvalue weighted by Crippen LogP contribution is 2.27. The molecule has 0 fully saturated rings. The highest BCUT2D eigenvalue weighted by molar-refractivity contribution is 6.31. The van der Waals surface area contributed by atoms with Gasteiger partial charge in [-0.25, -0.2) is 14.2 Å². The largest absolute Gasteiger partial charge is 0.483 e. The number of nitrogens with zero attached hydrogens (tertiary/aromatic N) is 1. The van der Waals surface area contributed by atoms with Crippen molar-refractivity contribution in [1.29, 1.82) is 0 Å². The van der Waals surface area contributed by atoms with Gasteiger partial charge >= 0.3 is 5.97 Å². The quantitative estimate of drug-likeness (QED) is 0.649. The van der Waals surface area contributed by atoms with Crippen molar-refractivity contribution in [3.63, 3.8) is 0 Å². The lowest BCUT2D eigenvalue weighted by Crippen LogP contribution is -2.20. The van der Waals surface area contributed by atoms with Gasteiger partial charge in [0.05, 0.1) is 17.6 Å². The van der Waals surface area contributed by atoms with E-state index in [4.69, 9.17) is 21.1 Å². The molecule has 0 aliphatic carbocycles. The van der Waals surface area contributed by atoms with Gasteiger partial charge in [0.25, 0.3) is 5.91 Å². The molecule has 8 heteroatoms. The second-order valence-corrected chi connectivity index (χ2v) is 6.39. The number of fused-ring (bicyclic) bond motifs is 1.